The first-order valence-corrected chi connectivity index (χ1v) is 9.52. The predicted octanol–water partition coefficient (Wildman–Crippen LogP) is 6.45. The van der Waals surface area contributed by atoms with E-state index in [-0.39, 0.29) is 5.41 Å². The van der Waals surface area contributed by atoms with Crippen LogP contribution in [0.3, 0.4) is 0 Å². The van der Waals surface area contributed by atoms with E-state index in [1.165, 1.54) is 27.8 Å². The summed E-state index contributed by atoms with van der Waals surface area (Å²) in [4.78, 5) is 0. The first-order valence-electron chi connectivity index (χ1n) is 9.52. The van der Waals surface area contributed by atoms with Crippen molar-refractivity contribution in [2.45, 2.75) is 24.7 Å². The Bertz CT molecular complexity index is 939. The first kappa shape index (κ1) is 15.4. The van der Waals surface area contributed by atoms with Gasteiger partial charge in [0.2, 0.25) is 0 Å². The van der Waals surface area contributed by atoms with Gasteiger partial charge in [0.1, 0.15) is 0 Å². The monoisotopic (exact) mass is 334 g/mol. The molecule has 126 valence electrons. The summed E-state index contributed by atoms with van der Waals surface area (Å²) in [7, 11) is 0. The summed E-state index contributed by atoms with van der Waals surface area (Å²) in [5, 5.41) is 0. The zero-order valence-electron chi connectivity index (χ0n) is 14.9. The summed E-state index contributed by atoms with van der Waals surface area (Å²) in [6, 6.07) is 22.1. The standard InChI is InChI=1S/C26H22/c1-4-12-20(13-5-1)26(21-14-6-2-7-15-21)24-18-9-3-8-16-22(24)23-17-10-11-19-25(23)26/h1-2,4-10,12-18H,3,11,19H2. The molecule has 5 rings (SSSR count). The van der Waals surface area contributed by atoms with Gasteiger partial charge in [-0.25, -0.2) is 0 Å². The van der Waals surface area contributed by atoms with Gasteiger partial charge in [0.25, 0.3) is 0 Å². The van der Waals surface area contributed by atoms with Gasteiger partial charge in [0.05, 0.1) is 5.41 Å². The highest BCUT2D eigenvalue weighted by atomic mass is 14.5. The van der Waals surface area contributed by atoms with Crippen molar-refractivity contribution >= 4 is 0 Å². The molecule has 26 heavy (non-hydrogen) atoms. The van der Waals surface area contributed by atoms with Crippen LogP contribution in [0.15, 0.2) is 119 Å². The molecule has 0 bridgehead atoms. The van der Waals surface area contributed by atoms with Crippen LogP contribution in [0, 0.1) is 0 Å². The lowest BCUT2D eigenvalue weighted by Crippen LogP contribution is -2.31. The van der Waals surface area contributed by atoms with E-state index < -0.39 is 0 Å². The molecule has 0 saturated heterocycles. The lowest BCUT2D eigenvalue weighted by Gasteiger charge is -2.37. The molecule has 0 atom stereocenters. The molecule has 0 radical (unpaired) electrons. The number of allylic oxidation sites excluding steroid dienone is 10. The van der Waals surface area contributed by atoms with Gasteiger partial charge in [0.15, 0.2) is 0 Å². The summed E-state index contributed by atoms with van der Waals surface area (Å²) in [5.74, 6) is 0. The van der Waals surface area contributed by atoms with Crippen LogP contribution in [-0.2, 0) is 5.41 Å². The smallest absolute Gasteiger partial charge is 0.0676 e. The predicted molar refractivity (Wildman–Crippen MR) is 109 cm³/mol. The van der Waals surface area contributed by atoms with Crippen LogP contribution in [0.25, 0.3) is 0 Å². The van der Waals surface area contributed by atoms with Crippen molar-refractivity contribution in [2.75, 3.05) is 0 Å². The van der Waals surface area contributed by atoms with E-state index in [2.05, 4.69) is 97.1 Å². The quantitative estimate of drug-likeness (QED) is 0.592. The lowest BCUT2D eigenvalue weighted by molar-refractivity contribution is 0.687. The molecule has 0 unspecified atom stereocenters. The van der Waals surface area contributed by atoms with Crippen LogP contribution in [0.5, 0.6) is 0 Å². The molecule has 0 heteroatoms. The Labute approximate surface area is 155 Å². The maximum Gasteiger partial charge on any atom is 0.0676 e. The second kappa shape index (κ2) is 6.14. The number of hydrogen-bond donors (Lipinski definition) is 0. The van der Waals surface area contributed by atoms with E-state index in [0.29, 0.717) is 0 Å². The molecule has 0 saturated carbocycles. The number of benzene rings is 2. The highest BCUT2D eigenvalue weighted by Crippen LogP contribution is 2.57. The number of rotatable bonds is 2. The van der Waals surface area contributed by atoms with Crippen LogP contribution in [0.2, 0.25) is 0 Å². The third-order valence-corrected chi connectivity index (χ3v) is 5.86. The molecule has 0 N–H and O–H groups in total. The summed E-state index contributed by atoms with van der Waals surface area (Å²) in [6.45, 7) is 0. The van der Waals surface area contributed by atoms with Crippen LogP contribution in [0.1, 0.15) is 30.4 Å². The fourth-order valence-electron chi connectivity index (χ4n) is 4.86. The molecule has 0 spiro atoms. The van der Waals surface area contributed by atoms with Crippen LogP contribution >= 0.6 is 0 Å². The minimum absolute atomic E-state index is 0.177. The summed E-state index contributed by atoms with van der Waals surface area (Å²) in [5.41, 5.74) is 8.39. The van der Waals surface area contributed by atoms with Crippen LogP contribution < -0.4 is 0 Å². The van der Waals surface area contributed by atoms with Gasteiger partial charge in [-0.15, -0.1) is 0 Å². The van der Waals surface area contributed by atoms with E-state index in [1.54, 1.807) is 5.57 Å². The van der Waals surface area contributed by atoms with Crippen molar-refractivity contribution in [1.29, 1.82) is 0 Å². The van der Waals surface area contributed by atoms with Gasteiger partial charge >= 0.3 is 0 Å². The Morgan fingerprint density at radius 2 is 1.23 bits per heavy atom. The molecule has 0 aliphatic heterocycles. The van der Waals surface area contributed by atoms with Gasteiger partial charge < -0.3 is 0 Å². The summed E-state index contributed by atoms with van der Waals surface area (Å²) >= 11 is 0. The molecule has 2 aromatic carbocycles. The van der Waals surface area contributed by atoms with Gasteiger partial charge in [-0.05, 0) is 52.7 Å². The fraction of sp³-hybridized carbons (Fsp3) is 0.154. The van der Waals surface area contributed by atoms with Crippen molar-refractivity contribution in [3.63, 3.8) is 0 Å². The molecule has 3 aliphatic carbocycles. The van der Waals surface area contributed by atoms with E-state index in [1.807, 2.05) is 0 Å². The van der Waals surface area contributed by atoms with E-state index in [4.69, 9.17) is 0 Å². The Kier molecular flexibility index (Phi) is 3.64. The van der Waals surface area contributed by atoms with Crippen LogP contribution in [-0.4, -0.2) is 0 Å². The van der Waals surface area contributed by atoms with Gasteiger partial charge in [-0.1, -0.05) is 97.1 Å². The molecular weight excluding hydrogens is 312 g/mol. The minimum atomic E-state index is -0.177. The maximum absolute atomic E-state index is 2.38. The average molecular weight is 334 g/mol. The molecule has 2 aromatic rings. The lowest BCUT2D eigenvalue weighted by atomic mass is 9.64. The molecule has 0 aromatic heterocycles. The molecule has 0 amide bonds. The second-order valence-corrected chi connectivity index (χ2v) is 7.18. The number of fused-ring (bicyclic) bond motifs is 1. The largest absolute Gasteiger partial charge is 0.0836 e. The third kappa shape index (κ3) is 2.08. The maximum atomic E-state index is 2.38. The van der Waals surface area contributed by atoms with Crippen molar-refractivity contribution in [2.24, 2.45) is 0 Å². The van der Waals surface area contributed by atoms with Gasteiger partial charge in [-0.3, -0.25) is 0 Å². The van der Waals surface area contributed by atoms with E-state index >= 15 is 0 Å². The highest BCUT2D eigenvalue weighted by Gasteiger charge is 2.47. The van der Waals surface area contributed by atoms with Crippen LogP contribution in [0.4, 0.5) is 0 Å². The summed E-state index contributed by atoms with van der Waals surface area (Å²) in [6.07, 6.45) is 17.2. The molecule has 0 fully saturated rings. The molecule has 0 nitrogen and oxygen atoms in total. The minimum Gasteiger partial charge on any atom is -0.0836 e. The Hall–Kier alpha value is -2.86. The zero-order valence-corrected chi connectivity index (χ0v) is 14.9. The SMILES string of the molecule is C1=CC2=C(C=CC1)C(c1ccccc1)(c1ccccc1)C1=C2C=CCC1. The molecular formula is C26H22. The average Bonchev–Trinajstić information content (AvgIpc) is 2.84. The highest BCUT2D eigenvalue weighted by molar-refractivity contribution is 5.75. The number of hydrogen-bond acceptors (Lipinski definition) is 0. The summed E-state index contributed by atoms with van der Waals surface area (Å²) < 4.78 is 0. The third-order valence-electron chi connectivity index (χ3n) is 5.86. The fourth-order valence-corrected chi connectivity index (χ4v) is 4.86. The Morgan fingerprint density at radius 3 is 1.92 bits per heavy atom. The van der Waals surface area contributed by atoms with Crippen molar-refractivity contribution in [3.8, 4) is 0 Å². The van der Waals surface area contributed by atoms with Gasteiger partial charge in [0, 0.05) is 0 Å². The topological polar surface area (TPSA) is 0 Å². The van der Waals surface area contributed by atoms with Crippen molar-refractivity contribution < 1.29 is 0 Å². The first-order chi connectivity index (χ1) is 12.9. The molecule has 0 heterocycles. The van der Waals surface area contributed by atoms with Gasteiger partial charge in [-0.2, -0.15) is 0 Å². The Morgan fingerprint density at radius 1 is 0.615 bits per heavy atom. The van der Waals surface area contributed by atoms with Crippen molar-refractivity contribution in [1.82, 2.24) is 0 Å². The second-order valence-electron chi connectivity index (χ2n) is 7.18. The molecule has 3 aliphatic rings. The van der Waals surface area contributed by atoms with E-state index in [9.17, 15) is 0 Å². The Balaban J connectivity index is 1.92. The van der Waals surface area contributed by atoms with E-state index in [0.717, 1.165) is 19.3 Å². The van der Waals surface area contributed by atoms with Crippen molar-refractivity contribution in [3.05, 3.63) is 131 Å². The normalized spacial score (nSPS) is 20.2. The zero-order chi connectivity index (χ0) is 17.4.